The van der Waals surface area contributed by atoms with Crippen LogP contribution in [-0.2, 0) is 9.53 Å². The van der Waals surface area contributed by atoms with Crippen LogP contribution < -0.4 is 5.32 Å². The molecule has 1 atom stereocenters. The van der Waals surface area contributed by atoms with Crippen molar-refractivity contribution in [1.29, 1.82) is 0 Å². The Balaban J connectivity index is 1.90. The van der Waals surface area contributed by atoms with E-state index in [0.29, 0.717) is 16.5 Å². The smallest absolute Gasteiger partial charge is 0.333 e. The highest BCUT2D eigenvalue weighted by molar-refractivity contribution is 9.10. The molecule has 3 aromatic rings. The van der Waals surface area contributed by atoms with Crippen LogP contribution >= 0.6 is 15.9 Å². The molecule has 0 spiro atoms. The Morgan fingerprint density at radius 2 is 1.92 bits per heavy atom. The van der Waals surface area contributed by atoms with Crippen molar-refractivity contribution in [1.82, 2.24) is 10.3 Å². The second kappa shape index (κ2) is 7.06. The zero-order valence-electron chi connectivity index (χ0n) is 13.2. The molecule has 2 N–H and O–H groups in total. The molecule has 0 radical (unpaired) electrons. The van der Waals surface area contributed by atoms with Gasteiger partial charge in [0.2, 0.25) is 0 Å². The lowest BCUT2D eigenvalue weighted by Crippen LogP contribution is -2.34. The van der Waals surface area contributed by atoms with Crippen molar-refractivity contribution in [2.45, 2.75) is 6.04 Å². The molecule has 7 heteroatoms. The predicted molar refractivity (Wildman–Crippen MR) is 94.6 cm³/mol. The van der Waals surface area contributed by atoms with E-state index in [1.54, 1.807) is 36.4 Å². The Bertz CT molecular complexity index is 937. The lowest BCUT2D eigenvalue weighted by atomic mass is 10.1. The number of carbonyl (C=O) groups excluding carboxylic acids is 2. The van der Waals surface area contributed by atoms with E-state index in [0.717, 1.165) is 4.47 Å². The van der Waals surface area contributed by atoms with E-state index in [1.807, 2.05) is 0 Å². The standard InChI is InChI=1S/C18H14BrFN2O3/c1-25-18(24)16(10-5-7-11(19)8-6-10)22-17(23)15-9-12-13(20)3-2-4-14(12)21-15/h2-9,16,21H,1H3,(H,22,23). The fourth-order valence-corrected chi connectivity index (χ4v) is 2.77. The van der Waals surface area contributed by atoms with Crippen LogP contribution in [0.4, 0.5) is 4.39 Å². The van der Waals surface area contributed by atoms with Gasteiger partial charge in [-0.2, -0.15) is 0 Å². The van der Waals surface area contributed by atoms with Crippen molar-refractivity contribution in [3.05, 3.63) is 70.1 Å². The summed E-state index contributed by atoms with van der Waals surface area (Å²) in [5, 5.41) is 2.93. The van der Waals surface area contributed by atoms with Crippen LogP contribution in [0.1, 0.15) is 22.1 Å². The molecule has 3 rings (SSSR count). The van der Waals surface area contributed by atoms with E-state index >= 15 is 0 Å². The number of fused-ring (bicyclic) bond motifs is 1. The van der Waals surface area contributed by atoms with Gasteiger partial charge in [-0.15, -0.1) is 0 Å². The van der Waals surface area contributed by atoms with Crippen LogP contribution in [0.2, 0.25) is 0 Å². The minimum atomic E-state index is -0.971. The average molecular weight is 405 g/mol. The molecule has 1 unspecified atom stereocenters. The number of hydrogen-bond acceptors (Lipinski definition) is 3. The van der Waals surface area contributed by atoms with E-state index in [4.69, 9.17) is 4.74 Å². The monoisotopic (exact) mass is 404 g/mol. The van der Waals surface area contributed by atoms with Crippen molar-refractivity contribution in [3.63, 3.8) is 0 Å². The lowest BCUT2D eigenvalue weighted by Gasteiger charge is -2.16. The second-order valence-corrected chi connectivity index (χ2v) is 6.28. The Labute approximate surface area is 151 Å². The number of halogens is 2. The Morgan fingerprint density at radius 3 is 2.56 bits per heavy atom. The SMILES string of the molecule is COC(=O)C(NC(=O)c1cc2c(F)cccc2[nH]1)c1ccc(Br)cc1. The quantitative estimate of drug-likeness (QED) is 0.651. The normalized spacial score (nSPS) is 12.0. The zero-order chi connectivity index (χ0) is 18.0. The molecular weight excluding hydrogens is 391 g/mol. The summed E-state index contributed by atoms with van der Waals surface area (Å²) in [6.45, 7) is 0. The number of hydrogen-bond donors (Lipinski definition) is 2. The zero-order valence-corrected chi connectivity index (χ0v) is 14.8. The molecule has 1 amide bonds. The maximum absolute atomic E-state index is 13.8. The topological polar surface area (TPSA) is 71.2 Å². The highest BCUT2D eigenvalue weighted by Crippen LogP contribution is 2.21. The number of methoxy groups -OCH3 is 1. The van der Waals surface area contributed by atoms with Gasteiger partial charge < -0.3 is 15.0 Å². The Kier molecular flexibility index (Phi) is 4.85. The van der Waals surface area contributed by atoms with Crippen molar-refractivity contribution in [2.75, 3.05) is 7.11 Å². The first-order valence-corrected chi connectivity index (χ1v) is 8.20. The number of H-pyrrole nitrogens is 1. The molecule has 0 saturated heterocycles. The maximum atomic E-state index is 13.8. The van der Waals surface area contributed by atoms with E-state index in [9.17, 15) is 14.0 Å². The molecule has 0 aliphatic heterocycles. The van der Waals surface area contributed by atoms with Gasteiger partial charge in [0.05, 0.1) is 7.11 Å². The maximum Gasteiger partial charge on any atom is 0.333 e. The van der Waals surface area contributed by atoms with Gasteiger partial charge in [0.15, 0.2) is 6.04 Å². The van der Waals surface area contributed by atoms with Gasteiger partial charge in [-0.1, -0.05) is 34.1 Å². The molecule has 128 valence electrons. The second-order valence-electron chi connectivity index (χ2n) is 5.37. The molecule has 0 bridgehead atoms. The molecule has 5 nitrogen and oxygen atoms in total. The molecule has 0 saturated carbocycles. The average Bonchev–Trinajstić information content (AvgIpc) is 3.05. The number of amides is 1. The fraction of sp³-hybridized carbons (Fsp3) is 0.111. The molecule has 25 heavy (non-hydrogen) atoms. The van der Waals surface area contributed by atoms with Crippen molar-refractivity contribution in [3.8, 4) is 0 Å². The summed E-state index contributed by atoms with van der Waals surface area (Å²) in [5.41, 5.74) is 1.24. The van der Waals surface area contributed by atoms with Crippen LogP contribution in [0.15, 0.2) is 53.0 Å². The molecule has 2 aromatic carbocycles. The van der Waals surface area contributed by atoms with Gasteiger partial charge in [-0.05, 0) is 35.9 Å². The minimum absolute atomic E-state index is 0.158. The summed E-state index contributed by atoms with van der Waals surface area (Å²) in [4.78, 5) is 27.4. The summed E-state index contributed by atoms with van der Waals surface area (Å²) in [6, 6.07) is 11.9. The summed E-state index contributed by atoms with van der Waals surface area (Å²) in [5.74, 6) is -1.56. The number of esters is 1. The summed E-state index contributed by atoms with van der Waals surface area (Å²) >= 11 is 3.32. The van der Waals surface area contributed by atoms with E-state index < -0.39 is 23.7 Å². The first kappa shape index (κ1) is 17.2. The molecule has 1 aromatic heterocycles. The minimum Gasteiger partial charge on any atom is -0.467 e. The Hall–Kier alpha value is -2.67. The van der Waals surface area contributed by atoms with Crippen LogP contribution in [-0.4, -0.2) is 24.0 Å². The van der Waals surface area contributed by atoms with Crippen molar-refractivity contribution >= 4 is 38.7 Å². The largest absolute Gasteiger partial charge is 0.467 e. The van der Waals surface area contributed by atoms with Gasteiger partial charge in [0.1, 0.15) is 11.5 Å². The van der Waals surface area contributed by atoms with Gasteiger partial charge >= 0.3 is 5.97 Å². The number of carbonyl (C=O) groups is 2. The first-order valence-electron chi connectivity index (χ1n) is 7.41. The third kappa shape index (κ3) is 3.56. The van der Waals surface area contributed by atoms with Crippen LogP contribution in [0.3, 0.4) is 0 Å². The highest BCUT2D eigenvalue weighted by Gasteiger charge is 2.25. The number of benzene rings is 2. The molecule has 0 aliphatic carbocycles. The fourth-order valence-electron chi connectivity index (χ4n) is 2.50. The van der Waals surface area contributed by atoms with Crippen LogP contribution in [0.25, 0.3) is 10.9 Å². The highest BCUT2D eigenvalue weighted by atomic mass is 79.9. The van der Waals surface area contributed by atoms with E-state index in [2.05, 4.69) is 26.2 Å². The van der Waals surface area contributed by atoms with Gasteiger partial charge in [0, 0.05) is 15.4 Å². The number of aromatic amines is 1. The summed E-state index contributed by atoms with van der Waals surface area (Å²) in [7, 11) is 1.25. The lowest BCUT2D eigenvalue weighted by molar-refractivity contribution is -0.143. The third-order valence-corrected chi connectivity index (χ3v) is 4.30. The Morgan fingerprint density at radius 1 is 1.20 bits per heavy atom. The van der Waals surface area contributed by atoms with Crippen molar-refractivity contribution in [2.24, 2.45) is 0 Å². The number of rotatable bonds is 4. The summed E-state index contributed by atoms with van der Waals surface area (Å²) < 4.78 is 19.4. The summed E-state index contributed by atoms with van der Waals surface area (Å²) in [6.07, 6.45) is 0. The van der Waals surface area contributed by atoms with Crippen molar-refractivity contribution < 1.29 is 18.7 Å². The van der Waals surface area contributed by atoms with Gasteiger partial charge in [-0.3, -0.25) is 4.79 Å². The molecule has 1 heterocycles. The first-order chi connectivity index (χ1) is 12.0. The van der Waals surface area contributed by atoms with Gasteiger partial charge in [-0.25, -0.2) is 9.18 Å². The number of nitrogens with one attached hydrogen (secondary N) is 2. The molecule has 0 fully saturated rings. The van der Waals surface area contributed by atoms with Crippen LogP contribution in [0, 0.1) is 5.82 Å². The van der Waals surface area contributed by atoms with Gasteiger partial charge in [0.25, 0.3) is 5.91 Å². The molecule has 0 aliphatic rings. The van der Waals surface area contributed by atoms with Crippen LogP contribution in [0.5, 0.6) is 0 Å². The van der Waals surface area contributed by atoms with E-state index in [1.165, 1.54) is 19.2 Å². The number of ether oxygens (including phenoxy) is 1. The molecular formula is C18H14BrFN2O3. The predicted octanol–water partition coefficient (Wildman–Crippen LogP) is 3.71. The number of aromatic nitrogens is 1. The third-order valence-electron chi connectivity index (χ3n) is 3.77. The van der Waals surface area contributed by atoms with E-state index in [-0.39, 0.29) is 5.69 Å².